The van der Waals surface area contributed by atoms with Crippen molar-refractivity contribution in [2.24, 2.45) is 0 Å². The van der Waals surface area contributed by atoms with Gasteiger partial charge in [0, 0.05) is 36.0 Å². The highest BCUT2D eigenvalue weighted by atomic mass is 32.1. The number of amides is 1. The Bertz CT molecular complexity index is 1650. The average molecular weight is 727 g/mol. The maximum atomic E-state index is 14.7. The zero-order chi connectivity index (χ0) is 38.7. The number of aliphatic hydroxyl groups is 1. The Morgan fingerprint density at radius 3 is 2.24 bits per heavy atom. The van der Waals surface area contributed by atoms with Crippen molar-refractivity contribution < 1.29 is 28.6 Å². The standard InChI is InChI=1S/C32H37FN6O5.C3H8.C2H6.CH4S/c1-19(2)37-30-29-31(35-17-34-30)39(18-36-29)22(5)44-27(21(4)43-32(42)23-11-8-7-9-12-23)16-38(6)28(41)15-25-24(20(3)40)13-10-14-26(25)33;1-3-2;2*1-2/h7-14,17-18,21-22,27,32,42H,1,15-16H2,2-6H3,(H,34,35,37);3H2,1-2H3;1-2H3;2H,1H3/t21?,22?,27?,32-;;;/m1.../s1. The van der Waals surface area contributed by atoms with Crippen LogP contribution < -0.4 is 5.32 Å². The van der Waals surface area contributed by atoms with E-state index in [0.29, 0.717) is 28.2 Å². The summed E-state index contributed by atoms with van der Waals surface area (Å²) in [5.41, 5.74) is 2.46. The molecular weight excluding hydrogens is 672 g/mol. The quantitative estimate of drug-likeness (QED) is 0.0677. The number of halogens is 1. The number of carbonyl (C=O) groups excluding carboxylic acids is 2. The predicted octanol–water partition coefficient (Wildman–Crippen LogP) is 7.80. The number of ether oxygens (including phenoxy) is 2. The van der Waals surface area contributed by atoms with E-state index in [9.17, 15) is 19.1 Å². The molecule has 2 aromatic carbocycles. The number of ketones is 1. The number of benzene rings is 2. The third-order valence-electron chi connectivity index (χ3n) is 7.11. The molecule has 280 valence electrons. The first-order valence-electron chi connectivity index (χ1n) is 17.0. The Morgan fingerprint density at radius 2 is 1.65 bits per heavy atom. The van der Waals surface area contributed by atoms with Gasteiger partial charge in [-0.3, -0.25) is 14.2 Å². The largest absolute Gasteiger partial charge is 0.364 e. The molecule has 0 saturated heterocycles. The number of Topliss-reactive ketones (excluding diaryl/α,β-unsaturated/α-hetero) is 1. The Balaban J connectivity index is 0.00000173. The Hall–Kier alpha value is -4.17. The third-order valence-corrected chi connectivity index (χ3v) is 7.11. The highest BCUT2D eigenvalue weighted by molar-refractivity contribution is 7.79. The second-order valence-corrected chi connectivity index (χ2v) is 11.3. The molecule has 51 heavy (non-hydrogen) atoms. The number of aromatic nitrogens is 4. The number of nitrogens with zero attached hydrogens (tertiary/aromatic N) is 5. The van der Waals surface area contributed by atoms with Crippen LogP contribution in [0.25, 0.3) is 11.2 Å². The van der Waals surface area contributed by atoms with E-state index in [-0.39, 0.29) is 29.9 Å². The monoisotopic (exact) mass is 726 g/mol. The lowest BCUT2D eigenvalue weighted by Gasteiger charge is -2.32. The van der Waals surface area contributed by atoms with Crippen molar-refractivity contribution in [3.8, 4) is 0 Å². The average Bonchev–Trinajstić information content (AvgIpc) is 3.56. The van der Waals surface area contributed by atoms with E-state index in [2.05, 4.69) is 53.3 Å². The number of anilines is 1. The first-order valence-corrected chi connectivity index (χ1v) is 17.9. The molecule has 4 aromatic rings. The number of nitrogens with one attached hydrogen (secondary N) is 1. The zero-order valence-corrected chi connectivity index (χ0v) is 32.4. The molecule has 0 radical (unpaired) electrons. The molecule has 2 N–H and O–H groups in total. The molecule has 1 amide bonds. The van der Waals surface area contributed by atoms with Crippen molar-refractivity contribution in [2.45, 2.75) is 93.0 Å². The van der Waals surface area contributed by atoms with Crippen LogP contribution in [0.1, 0.15) is 95.8 Å². The molecule has 0 bridgehead atoms. The summed E-state index contributed by atoms with van der Waals surface area (Å²) >= 11 is 3.53. The van der Waals surface area contributed by atoms with E-state index in [1.807, 2.05) is 19.9 Å². The molecule has 0 spiro atoms. The fraction of sp³-hybridized carbons (Fsp3) is 0.447. The molecular formula is C38H55FN6O5S. The summed E-state index contributed by atoms with van der Waals surface area (Å²) in [6, 6.07) is 13.0. The molecule has 0 saturated carbocycles. The van der Waals surface area contributed by atoms with Crippen LogP contribution in [-0.4, -0.2) is 73.3 Å². The van der Waals surface area contributed by atoms with E-state index in [0.717, 1.165) is 0 Å². The van der Waals surface area contributed by atoms with Gasteiger partial charge in [-0.15, -0.1) is 0 Å². The summed E-state index contributed by atoms with van der Waals surface area (Å²) in [5, 5.41) is 13.8. The minimum atomic E-state index is -1.25. The lowest BCUT2D eigenvalue weighted by Crippen LogP contribution is -2.43. The number of likely N-dealkylation sites (N-methyl/N-ethyl adjacent to an activating group) is 1. The molecule has 4 atom stereocenters. The fourth-order valence-electron chi connectivity index (χ4n) is 4.75. The number of thiol groups is 1. The third kappa shape index (κ3) is 13.5. The fourth-order valence-corrected chi connectivity index (χ4v) is 4.75. The number of rotatable bonds is 14. The van der Waals surface area contributed by atoms with Crippen LogP contribution in [-0.2, 0) is 20.7 Å². The maximum Gasteiger partial charge on any atom is 0.226 e. The van der Waals surface area contributed by atoms with E-state index < -0.39 is 36.5 Å². The van der Waals surface area contributed by atoms with Gasteiger partial charge >= 0.3 is 0 Å². The van der Waals surface area contributed by atoms with Gasteiger partial charge in [-0.05, 0) is 40.0 Å². The Kier molecular flexibility index (Phi) is 20.5. The van der Waals surface area contributed by atoms with E-state index in [1.54, 1.807) is 69.2 Å². The molecule has 2 aromatic heterocycles. The van der Waals surface area contributed by atoms with Crippen molar-refractivity contribution in [3.05, 3.63) is 96.0 Å². The van der Waals surface area contributed by atoms with Gasteiger partial charge in [-0.1, -0.05) is 83.2 Å². The van der Waals surface area contributed by atoms with Crippen LogP contribution in [0.3, 0.4) is 0 Å². The van der Waals surface area contributed by atoms with E-state index in [4.69, 9.17) is 9.47 Å². The van der Waals surface area contributed by atoms with Gasteiger partial charge in [0.15, 0.2) is 29.1 Å². The number of hydrogen-bond acceptors (Lipinski definition) is 10. The van der Waals surface area contributed by atoms with E-state index >= 15 is 0 Å². The molecule has 0 aliphatic carbocycles. The number of fused-ring (bicyclic) bond motifs is 1. The highest BCUT2D eigenvalue weighted by Crippen LogP contribution is 2.26. The lowest BCUT2D eigenvalue weighted by atomic mass is 10.0. The van der Waals surface area contributed by atoms with E-state index in [1.165, 1.54) is 42.8 Å². The van der Waals surface area contributed by atoms with Crippen LogP contribution in [0.5, 0.6) is 0 Å². The number of carbonyl (C=O) groups is 2. The number of aliphatic hydroxyl groups excluding tert-OH is 1. The van der Waals surface area contributed by atoms with Crippen LogP contribution in [0, 0.1) is 5.82 Å². The van der Waals surface area contributed by atoms with Crippen molar-refractivity contribution in [3.63, 3.8) is 0 Å². The Labute approximate surface area is 307 Å². The van der Waals surface area contributed by atoms with Crippen molar-refractivity contribution >= 4 is 41.3 Å². The molecule has 0 aliphatic rings. The van der Waals surface area contributed by atoms with Crippen LogP contribution in [0.4, 0.5) is 10.2 Å². The molecule has 11 nitrogen and oxygen atoms in total. The molecule has 0 fully saturated rings. The molecule has 3 unspecified atom stereocenters. The van der Waals surface area contributed by atoms with Gasteiger partial charge in [-0.2, -0.15) is 12.6 Å². The van der Waals surface area contributed by atoms with Gasteiger partial charge in [0.2, 0.25) is 5.91 Å². The number of imidazole rings is 1. The minimum absolute atomic E-state index is 0.0276. The molecule has 0 aliphatic heterocycles. The van der Waals surface area contributed by atoms with Crippen LogP contribution >= 0.6 is 12.6 Å². The van der Waals surface area contributed by atoms with Gasteiger partial charge < -0.3 is 24.8 Å². The molecule has 2 heterocycles. The minimum Gasteiger partial charge on any atom is -0.364 e. The first kappa shape index (κ1) is 44.9. The zero-order valence-electron chi connectivity index (χ0n) is 31.6. The SMILES string of the molecule is C=C(C)Nc1ncnc2c1ncn2C(C)OC(CN(C)C(=O)Cc1c(F)cccc1C(C)=O)C(C)O[C@@H](O)c1ccccc1.CC.CCC.CS. The highest BCUT2D eigenvalue weighted by Gasteiger charge is 2.29. The summed E-state index contributed by atoms with van der Waals surface area (Å²) in [7, 11) is 1.56. The second kappa shape index (κ2) is 23.3. The summed E-state index contributed by atoms with van der Waals surface area (Å²) in [4.78, 5) is 39.9. The van der Waals surface area contributed by atoms with Crippen LogP contribution in [0.2, 0.25) is 0 Å². The summed E-state index contributed by atoms with van der Waals surface area (Å²) < 4.78 is 28.8. The normalized spacial score (nSPS) is 12.7. The Morgan fingerprint density at radius 1 is 1.02 bits per heavy atom. The topological polar surface area (TPSA) is 132 Å². The summed E-state index contributed by atoms with van der Waals surface area (Å²) in [5.74, 6) is -0.889. The molecule has 4 rings (SSSR count). The lowest BCUT2D eigenvalue weighted by molar-refractivity contribution is -0.190. The molecule has 13 heteroatoms. The summed E-state index contributed by atoms with van der Waals surface area (Å²) in [6.07, 6.45) is 2.24. The van der Waals surface area contributed by atoms with Gasteiger partial charge in [0.1, 0.15) is 24.5 Å². The van der Waals surface area contributed by atoms with Crippen LogP contribution in [0.15, 0.2) is 73.5 Å². The predicted molar refractivity (Wildman–Crippen MR) is 205 cm³/mol. The van der Waals surface area contributed by atoms with Gasteiger partial charge in [-0.25, -0.2) is 19.3 Å². The van der Waals surface area contributed by atoms with Crippen molar-refractivity contribution in [2.75, 3.05) is 25.2 Å². The second-order valence-electron chi connectivity index (χ2n) is 11.3. The first-order chi connectivity index (χ1) is 24.4. The van der Waals surface area contributed by atoms with Gasteiger partial charge in [0.05, 0.1) is 18.9 Å². The smallest absolute Gasteiger partial charge is 0.226 e. The number of hydrogen-bond donors (Lipinski definition) is 3. The van der Waals surface area contributed by atoms with Crippen molar-refractivity contribution in [1.82, 2.24) is 24.4 Å². The maximum absolute atomic E-state index is 14.7. The summed E-state index contributed by atoms with van der Waals surface area (Å²) in [6.45, 7) is 18.8. The van der Waals surface area contributed by atoms with Gasteiger partial charge in [0.25, 0.3) is 0 Å². The number of allylic oxidation sites excluding steroid dienone is 1. The van der Waals surface area contributed by atoms with Crippen molar-refractivity contribution in [1.29, 1.82) is 0 Å².